The molecule has 1 aliphatic heterocycles. The molecule has 26 heavy (non-hydrogen) atoms. The first-order valence-electron chi connectivity index (χ1n) is 9.12. The van der Waals surface area contributed by atoms with Crippen LogP contribution in [0, 0.1) is 0 Å². The van der Waals surface area contributed by atoms with Crippen molar-refractivity contribution in [1.82, 2.24) is 20.0 Å². The van der Waals surface area contributed by atoms with Crippen molar-refractivity contribution in [1.29, 1.82) is 0 Å². The first-order valence-corrected chi connectivity index (χ1v) is 9.12. The molecule has 2 heterocycles. The summed E-state index contributed by atoms with van der Waals surface area (Å²) >= 11 is 0. The number of aryl methyl sites for hydroxylation is 1. The number of hydrogen-bond acceptors (Lipinski definition) is 4. The van der Waals surface area contributed by atoms with Gasteiger partial charge in [-0.2, -0.15) is 5.10 Å². The number of nitrogens with one attached hydrogen (secondary N) is 1. The third kappa shape index (κ3) is 4.68. The van der Waals surface area contributed by atoms with E-state index in [0.717, 1.165) is 57.4 Å². The van der Waals surface area contributed by atoms with E-state index in [4.69, 9.17) is 4.74 Å². The van der Waals surface area contributed by atoms with E-state index in [0.29, 0.717) is 0 Å². The zero-order valence-corrected chi connectivity index (χ0v) is 15.6. The summed E-state index contributed by atoms with van der Waals surface area (Å²) in [6.07, 6.45) is 4.83. The Kier molecular flexibility index (Phi) is 6.35. The largest absolute Gasteiger partial charge is 0.497 e. The molecule has 7 heteroatoms. The summed E-state index contributed by atoms with van der Waals surface area (Å²) < 4.78 is 7.19. The van der Waals surface area contributed by atoms with Gasteiger partial charge in [-0.25, -0.2) is 0 Å². The van der Waals surface area contributed by atoms with E-state index in [-0.39, 0.29) is 0 Å². The molecular formula is C19H28N6O. The summed E-state index contributed by atoms with van der Waals surface area (Å²) in [7, 11) is 3.55. The summed E-state index contributed by atoms with van der Waals surface area (Å²) in [5, 5.41) is 7.70. The molecule has 1 aliphatic rings. The molecule has 1 aromatic heterocycles. The lowest BCUT2D eigenvalue weighted by molar-refractivity contribution is 0.371. The Labute approximate surface area is 155 Å². The number of aromatic nitrogens is 2. The van der Waals surface area contributed by atoms with Gasteiger partial charge in [0.15, 0.2) is 5.96 Å². The normalized spacial score (nSPS) is 15.2. The predicted octanol–water partition coefficient (Wildman–Crippen LogP) is 1.68. The molecule has 2 aromatic rings. The average Bonchev–Trinajstić information content (AvgIpc) is 3.22. The van der Waals surface area contributed by atoms with Gasteiger partial charge in [0, 0.05) is 64.4 Å². The number of ether oxygens (including phenoxy) is 1. The first kappa shape index (κ1) is 18.1. The first-order chi connectivity index (χ1) is 12.8. The molecule has 1 N–H and O–H groups in total. The molecule has 0 radical (unpaired) electrons. The molecule has 1 saturated heterocycles. The maximum atomic E-state index is 5.23. The molecule has 140 valence electrons. The van der Waals surface area contributed by atoms with Crippen LogP contribution >= 0.6 is 0 Å². The quantitative estimate of drug-likeness (QED) is 0.485. The smallest absolute Gasteiger partial charge is 0.193 e. The average molecular weight is 356 g/mol. The third-order valence-electron chi connectivity index (χ3n) is 4.63. The highest BCUT2D eigenvalue weighted by Crippen LogP contribution is 2.20. The van der Waals surface area contributed by atoms with Gasteiger partial charge in [-0.05, 0) is 36.8 Å². The van der Waals surface area contributed by atoms with Crippen molar-refractivity contribution in [3.8, 4) is 5.75 Å². The minimum atomic E-state index is 0.894. The lowest BCUT2D eigenvalue weighted by atomic mass is 10.2. The van der Waals surface area contributed by atoms with Gasteiger partial charge < -0.3 is 19.9 Å². The van der Waals surface area contributed by atoms with Crippen molar-refractivity contribution in [2.75, 3.05) is 51.8 Å². The summed E-state index contributed by atoms with van der Waals surface area (Å²) in [6.45, 7) is 5.71. The fourth-order valence-electron chi connectivity index (χ4n) is 3.18. The number of methoxy groups -OCH3 is 1. The number of aliphatic imine (C=N–C) groups is 1. The standard InChI is InChI=1S/C19H28N6O/c1-20-19(21-9-3-11-25-12-4-10-22-25)24-15-13-23(14-16-24)17-5-7-18(26-2)8-6-17/h4-8,10,12H,3,9,11,13-16H2,1-2H3,(H,20,21). The molecule has 1 fully saturated rings. The molecule has 0 bridgehead atoms. The number of anilines is 1. The van der Waals surface area contributed by atoms with Crippen LogP contribution in [0.5, 0.6) is 5.75 Å². The lowest BCUT2D eigenvalue weighted by Crippen LogP contribution is -2.52. The molecule has 1 aromatic carbocycles. The molecule has 0 amide bonds. The van der Waals surface area contributed by atoms with E-state index in [1.165, 1.54) is 5.69 Å². The Balaban J connectivity index is 1.43. The number of rotatable bonds is 6. The van der Waals surface area contributed by atoms with Crippen LogP contribution in [0.4, 0.5) is 5.69 Å². The second kappa shape index (κ2) is 9.12. The van der Waals surface area contributed by atoms with Crippen molar-refractivity contribution in [2.24, 2.45) is 4.99 Å². The Morgan fingerprint density at radius 1 is 1.19 bits per heavy atom. The SMILES string of the molecule is CN=C(NCCCn1cccn1)N1CCN(c2ccc(OC)cc2)CC1. The molecule has 0 saturated carbocycles. The molecular weight excluding hydrogens is 328 g/mol. The minimum Gasteiger partial charge on any atom is -0.497 e. The highest BCUT2D eigenvalue weighted by atomic mass is 16.5. The zero-order valence-electron chi connectivity index (χ0n) is 15.6. The second-order valence-electron chi connectivity index (χ2n) is 6.27. The summed E-state index contributed by atoms with van der Waals surface area (Å²) in [5.74, 6) is 1.88. The Morgan fingerprint density at radius 3 is 2.58 bits per heavy atom. The van der Waals surface area contributed by atoms with Crippen molar-refractivity contribution in [3.05, 3.63) is 42.7 Å². The molecule has 0 unspecified atom stereocenters. The van der Waals surface area contributed by atoms with E-state index in [9.17, 15) is 0 Å². The number of benzene rings is 1. The van der Waals surface area contributed by atoms with Crippen LogP contribution in [0.1, 0.15) is 6.42 Å². The Morgan fingerprint density at radius 2 is 1.96 bits per heavy atom. The van der Waals surface area contributed by atoms with E-state index in [2.05, 4.69) is 37.3 Å². The van der Waals surface area contributed by atoms with Gasteiger partial charge in [-0.1, -0.05) is 0 Å². The van der Waals surface area contributed by atoms with Crippen LogP contribution < -0.4 is 15.0 Å². The van der Waals surface area contributed by atoms with Gasteiger partial charge >= 0.3 is 0 Å². The minimum absolute atomic E-state index is 0.894. The number of piperazine rings is 1. The van der Waals surface area contributed by atoms with Gasteiger partial charge in [0.1, 0.15) is 5.75 Å². The van der Waals surface area contributed by atoms with Crippen LogP contribution in [0.2, 0.25) is 0 Å². The Hall–Kier alpha value is -2.70. The Bertz CT molecular complexity index is 675. The van der Waals surface area contributed by atoms with Crippen molar-refractivity contribution < 1.29 is 4.74 Å². The fraction of sp³-hybridized carbons (Fsp3) is 0.474. The monoisotopic (exact) mass is 356 g/mol. The molecule has 0 spiro atoms. The van der Waals surface area contributed by atoms with E-state index < -0.39 is 0 Å². The van der Waals surface area contributed by atoms with Crippen LogP contribution in [0.15, 0.2) is 47.7 Å². The van der Waals surface area contributed by atoms with Crippen LogP contribution in [-0.4, -0.2) is 67.5 Å². The summed E-state index contributed by atoms with van der Waals surface area (Å²) in [5.41, 5.74) is 1.24. The van der Waals surface area contributed by atoms with E-state index >= 15 is 0 Å². The summed E-state index contributed by atoms with van der Waals surface area (Å²) in [6, 6.07) is 10.2. The van der Waals surface area contributed by atoms with Crippen molar-refractivity contribution >= 4 is 11.6 Å². The number of hydrogen-bond donors (Lipinski definition) is 1. The van der Waals surface area contributed by atoms with Gasteiger partial charge in [0.05, 0.1) is 7.11 Å². The molecule has 7 nitrogen and oxygen atoms in total. The lowest BCUT2D eigenvalue weighted by Gasteiger charge is -2.37. The second-order valence-corrected chi connectivity index (χ2v) is 6.27. The number of guanidine groups is 1. The topological polar surface area (TPSA) is 57.9 Å². The van der Waals surface area contributed by atoms with Gasteiger partial charge in [-0.15, -0.1) is 0 Å². The fourth-order valence-corrected chi connectivity index (χ4v) is 3.18. The van der Waals surface area contributed by atoms with Gasteiger partial charge in [0.2, 0.25) is 0 Å². The predicted molar refractivity (Wildman–Crippen MR) is 105 cm³/mol. The van der Waals surface area contributed by atoms with E-state index in [1.54, 1.807) is 7.11 Å². The van der Waals surface area contributed by atoms with Gasteiger partial charge in [-0.3, -0.25) is 9.67 Å². The number of nitrogens with zero attached hydrogens (tertiary/aromatic N) is 5. The highest BCUT2D eigenvalue weighted by Gasteiger charge is 2.19. The summed E-state index contributed by atoms with van der Waals surface area (Å²) in [4.78, 5) is 9.17. The molecule has 0 aliphatic carbocycles. The molecule has 0 atom stereocenters. The maximum absolute atomic E-state index is 5.23. The van der Waals surface area contributed by atoms with Crippen molar-refractivity contribution in [2.45, 2.75) is 13.0 Å². The van der Waals surface area contributed by atoms with Crippen LogP contribution in [-0.2, 0) is 6.54 Å². The van der Waals surface area contributed by atoms with E-state index in [1.807, 2.05) is 42.3 Å². The van der Waals surface area contributed by atoms with Crippen molar-refractivity contribution in [3.63, 3.8) is 0 Å². The maximum Gasteiger partial charge on any atom is 0.193 e. The zero-order chi connectivity index (χ0) is 18.2. The molecule has 3 rings (SSSR count). The van der Waals surface area contributed by atoms with Crippen LogP contribution in [0.3, 0.4) is 0 Å². The van der Waals surface area contributed by atoms with Crippen LogP contribution in [0.25, 0.3) is 0 Å². The third-order valence-corrected chi connectivity index (χ3v) is 4.63. The highest BCUT2D eigenvalue weighted by molar-refractivity contribution is 5.80. The van der Waals surface area contributed by atoms with Gasteiger partial charge in [0.25, 0.3) is 0 Å².